The number of ether oxygens (including phenoxy) is 2. The van der Waals surface area contributed by atoms with E-state index in [1.54, 1.807) is 37.3 Å². The van der Waals surface area contributed by atoms with Crippen molar-refractivity contribution in [3.8, 4) is 11.5 Å². The minimum Gasteiger partial charge on any atom is -0.454 e. The number of nitrogens with zero attached hydrogens (tertiary/aromatic N) is 2. The molecule has 0 spiro atoms. The highest BCUT2D eigenvalue weighted by Crippen LogP contribution is 2.36. The van der Waals surface area contributed by atoms with Gasteiger partial charge in [0.2, 0.25) is 6.79 Å². The predicted molar refractivity (Wildman–Crippen MR) is 138 cm³/mol. The summed E-state index contributed by atoms with van der Waals surface area (Å²) in [4.78, 5) is 12.9. The average molecular weight is 558 g/mol. The van der Waals surface area contributed by atoms with Crippen molar-refractivity contribution in [1.29, 1.82) is 0 Å². The van der Waals surface area contributed by atoms with Crippen LogP contribution in [0.25, 0.3) is 0 Å². The molecule has 35 heavy (non-hydrogen) atoms. The standard InChI is InChI=1S/C25H24BrN3O5S/c1-16-5-8-20(9-6-16)35(31,32)29(22-10-17(2)4-7-18(22)3)14-25(30)28-27-13-19-11-23-24(12-21(19)26)34-15-33-23/h4-13H,14-15H2,1-3H3,(H,28,30)/b27-13-. The molecule has 8 nitrogen and oxygen atoms in total. The van der Waals surface area contributed by atoms with Crippen LogP contribution < -0.4 is 19.2 Å². The first kappa shape index (κ1) is 24.7. The maximum Gasteiger partial charge on any atom is 0.264 e. The van der Waals surface area contributed by atoms with Crippen LogP contribution in [0.1, 0.15) is 22.3 Å². The Morgan fingerprint density at radius 3 is 2.40 bits per heavy atom. The molecule has 0 bridgehead atoms. The van der Waals surface area contributed by atoms with Gasteiger partial charge in [0.25, 0.3) is 15.9 Å². The number of anilines is 1. The Kier molecular flexibility index (Phi) is 7.13. The molecule has 0 aromatic heterocycles. The normalized spacial score (nSPS) is 12.7. The van der Waals surface area contributed by atoms with Crippen molar-refractivity contribution in [2.75, 3.05) is 17.6 Å². The van der Waals surface area contributed by atoms with E-state index in [9.17, 15) is 13.2 Å². The van der Waals surface area contributed by atoms with Crippen molar-refractivity contribution in [2.24, 2.45) is 5.10 Å². The molecule has 10 heteroatoms. The number of carbonyl (C=O) groups excluding carboxylic acids is 1. The van der Waals surface area contributed by atoms with Crippen molar-refractivity contribution in [1.82, 2.24) is 5.43 Å². The zero-order valence-corrected chi connectivity index (χ0v) is 21.8. The number of rotatable bonds is 7. The van der Waals surface area contributed by atoms with E-state index >= 15 is 0 Å². The van der Waals surface area contributed by atoms with Crippen LogP contribution in [0, 0.1) is 20.8 Å². The Morgan fingerprint density at radius 1 is 1.03 bits per heavy atom. The molecule has 0 aliphatic carbocycles. The molecule has 182 valence electrons. The van der Waals surface area contributed by atoms with Crippen molar-refractivity contribution in [2.45, 2.75) is 25.7 Å². The number of benzene rings is 3. The predicted octanol–water partition coefficient (Wildman–Crippen LogP) is 4.45. The Labute approximate surface area is 212 Å². The largest absolute Gasteiger partial charge is 0.454 e. The minimum atomic E-state index is -4.01. The maximum absolute atomic E-state index is 13.6. The fourth-order valence-electron chi connectivity index (χ4n) is 3.50. The van der Waals surface area contributed by atoms with Crippen LogP contribution in [-0.2, 0) is 14.8 Å². The lowest BCUT2D eigenvalue weighted by molar-refractivity contribution is -0.119. The molecule has 0 saturated heterocycles. The van der Waals surface area contributed by atoms with Crippen LogP contribution in [0.4, 0.5) is 5.69 Å². The molecule has 1 aliphatic rings. The number of hydrogen-bond donors (Lipinski definition) is 1. The molecule has 1 N–H and O–H groups in total. The van der Waals surface area contributed by atoms with Gasteiger partial charge in [-0.15, -0.1) is 0 Å². The van der Waals surface area contributed by atoms with E-state index in [0.717, 1.165) is 21.0 Å². The van der Waals surface area contributed by atoms with Gasteiger partial charge >= 0.3 is 0 Å². The molecule has 0 fully saturated rings. The first-order valence-electron chi connectivity index (χ1n) is 10.7. The van der Waals surface area contributed by atoms with Gasteiger partial charge < -0.3 is 9.47 Å². The highest BCUT2D eigenvalue weighted by Gasteiger charge is 2.28. The Morgan fingerprint density at radius 2 is 1.69 bits per heavy atom. The monoisotopic (exact) mass is 557 g/mol. The molecule has 4 rings (SSSR count). The molecule has 1 amide bonds. The van der Waals surface area contributed by atoms with E-state index in [2.05, 4.69) is 26.5 Å². The average Bonchev–Trinajstić information content (AvgIpc) is 3.26. The molecule has 0 atom stereocenters. The molecule has 1 heterocycles. The van der Waals surface area contributed by atoms with E-state index < -0.39 is 22.5 Å². The second-order valence-electron chi connectivity index (χ2n) is 8.13. The Balaban J connectivity index is 1.59. The van der Waals surface area contributed by atoms with E-state index in [-0.39, 0.29) is 11.7 Å². The van der Waals surface area contributed by atoms with Gasteiger partial charge in [0, 0.05) is 10.0 Å². The summed E-state index contributed by atoms with van der Waals surface area (Å²) in [6, 6.07) is 15.5. The number of sulfonamides is 1. The van der Waals surface area contributed by atoms with Gasteiger partial charge in [-0.25, -0.2) is 13.8 Å². The zero-order valence-electron chi connectivity index (χ0n) is 19.4. The second-order valence-corrected chi connectivity index (χ2v) is 10.9. The first-order chi connectivity index (χ1) is 16.6. The highest BCUT2D eigenvalue weighted by molar-refractivity contribution is 9.10. The van der Waals surface area contributed by atoms with Gasteiger partial charge in [-0.2, -0.15) is 5.10 Å². The van der Waals surface area contributed by atoms with E-state index in [0.29, 0.717) is 27.2 Å². The van der Waals surface area contributed by atoms with Crippen LogP contribution in [0.2, 0.25) is 0 Å². The zero-order chi connectivity index (χ0) is 25.2. The summed E-state index contributed by atoms with van der Waals surface area (Å²) in [5.41, 5.74) is 6.06. The third-order valence-electron chi connectivity index (χ3n) is 5.41. The molecular weight excluding hydrogens is 534 g/mol. The quantitative estimate of drug-likeness (QED) is 0.342. The number of amides is 1. The number of carbonyl (C=O) groups is 1. The summed E-state index contributed by atoms with van der Waals surface area (Å²) in [5.74, 6) is 0.601. The minimum absolute atomic E-state index is 0.101. The smallest absolute Gasteiger partial charge is 0.264 e. The van der Waals surface area contributed by atoms with Gasteiger partial charge in [-0.3, -0.25) is 9.10 Å². The number of nitrogens with one attached hydrogen (secondary N) is 1. The molecule has 0 unspecified atom stereocenters. The van der Waals surface area contributed by atoms with Crippen LogP contribution in [0.15, 0.2) is 69.1 Å². The van der Waals surface area contributed by atoms with Crippen molar-refractivity contribution in [3.63, 3.8) is 0 Å². The van der Waals surface area contributed by atoms with E-state index in [1.807, 2.05) is 26.0 Å². The van der Waals surface area contributed by atoms with Gasteiger partial charge in [-0.05, 0) is 78.2 Å². The summed E-state index contributed by atoms with van der Waals surface area (Å²) < 4.78 is 39.6. The van der Waals surface area contributed by atoms with Crippen LogP contribution >= 0.6 is 15.9 Å². The maximum atomic E-state index is 13.6. The van der Waals surface area contributed by atoms with Gasteiger partial charge in [0.05, 0.1) is 16.8 Å². The highest BCUT2D eigenvalue weighted by atomic mass is 79.9. The van der Waals surface area contributed by atoms with Crippen LogP contribution in [-0.4, -0.2) is 33.9 Å². The fourth-order valence-corrected chi connectivity index (χ4v) is 5.40. The third kappa shape index (κ3) is 5.49. The topological polar surface area (TPSA) is 97.3 Å². The third-order valence-corrected chi connectivity index (χ3v) is 7.88. The Hall–Kier alpha value is -3.37. The number of hydrazone groups is 1. The summed E-state index contributed by atoms with van der Waals surface area (Å²) in [6.45, 7) is 5.25. The van der Waals surface area contributed by atoms with Gasteiger partial charge in [-0.1, -0.05) is 29.8 Å². The van der Waals surface area contributed by atoms with E-state index in [1.165, 1.54) is 18.3 Å². The summed E-state index contributed by atoms with van der Waals surface area (Å²) >= 11 is 3.43. The first-order valence-corrected chi connectivity index (χ1v) is 13.0. The van der Waals surface area contributed by atoms with Crippen molar-refractivity contribution < 1.29 is 22.7 Å². The molecule has 3 aromatic rings. The lowest BCUT2D eigenvalue weighted by atomic mass is 10.1. The van der Waals surface area contributed by atoms with Crippen molar-refractivity contribution in [3.05, 3.63) is 81.3 Å². The molecule has 3 aromatic carbocycles. The van der Waals surface area contributed by atoms with Gasteiger partial charge in [0.1, 0.15) is 6.54 Å². The van der Waals surface area contributed by atoms with E-state index in [4.69, 9.17) is 9.47 Å². The lowest BCUT2D eigenvalue weighted by Crippen LogP contribution is -2.40. The SMILES string of the molecule is Cc1ccc(S(=O)(=O)N(CC(=O)N/N=C\c2cc3c(cc2Br)OCO3)c2cc(C)ccc2C)cc1. The lowest BCUT2D eigenvalue weighted by Gasteiger charge is -2.25. The number of aryl methyl sites for hydroxylation is 3. The van der Waals surface area contributed by atoms with Gasteiger partial charge in [0.15, 0.2) is 11.5 Å². The Bertz CT molecular complexity index is 1410. The number of hydrogen-bond acceptors (Lipinski definition) is 6. The summed E-state index contributed by atoms with van der Waals surface area (Å²) in [6.07, 6.45) is 1.45. The molecule has 1 aliphatic heterocycles. The number of halogens is 1. The fraction of sp³-hybridized carbons (Fsp3) is 0.200. The van der Waals surface area contributed by atoms with Crippen LogP contribution in [0.3, 0.4) is 0 Å². The van der Waals surface area contributed by atoms with Crippen LogP contribution in [0.5, 0.6) is 11.5 Å². The summed E-state index contributed by atoms with van der Waals surface area (Å²) in [7, 11) is -4.01. The number of fused-ring (bicyclic) bond motifs is 1. The molecular formula is C25H24BrN3O5S. The molecule has 0 saturated carbocycles. The molecule has 0 radical (unpaired) electrons. The van der Waals surface area contributed by atoms with Crippen molar-refractivity contribution >= 4 is 43.8 Å². The second kappa shape index (κ2) is 10.1. The summed E-state index contributed by atoms with van der Waals surface area (Å²) in [5, 5.41) is 4.01.